The maximum Gasteiger partial charge on any atom is 0.147 e. The predicted molar refractivity (Wildman–Crippen MR) is 59.7 cm³/mol. The largest absolute Gasteiger partial charge is 0.355 e. The van der Waals surface area contributed by atoms with Crippen molar-refractivity contribution in [3.63, 3.8) is 0 Å². The van der Waals surface area contributed by atoms with Gasteiger partial charge in [-0.3, -0.25) is 0 Å². The second-order valence-corrected chi connectivity index (χ2v) is 4.82. The van der Waals surface area contributed by atoms with E-state index in [4.69, 9.17) is 9.47 Å². The molecule has 2 aliphatic rings. The van der Waals surface area contributed by atoms with Crippen LogP contribution in [0.3, 0.4) is 0 Å². The van der Waals surface area contributed by atoms with E-state index in [9.17, 15) is 0 Å². The van der Waals surface area contributed by atoms with Gasteiger partial charge in [-0.1, -0.05) is 12.8 Å². The van der Waals surface area contributed by atoms with Crippen LogP contribution in [0.25, 0.3) is 0 Å². The maximum atomic E-state index is 5.78. The van der Waals surface area contributed by atoms with Gasteiger partial charge in [-0.2, -0.15) is 0 Å². The lowest BCUT2D eigenvalue weighted by Gasteiger charge is -2.31. The van der Waals surface area contributed by atoms with Crippen molar-refractivity contribution in [2.24, 2.45) is 5.92 Å². The molecule has 0 radical (unpaired) electrons. The van der Waals surface area contributed by atoms with Crippen molar-refractivity contribution in [2.75, 3.05) is 20.4 Å². The summed E-state index contributed by atoms with van der Waals surface area (Å²) in [5.74, 6) is 0.833. The topological polar surface area (TPSA) is 30.5 Å². The van der Waals surface area contributed by atoms with E-state index in [1.807, 2.05) is 7.05 Å². The van der Waals surface area contributed by atoms with Gasteiger partial charge in [0.1, 0.15) is 6.79 Å². The molecule has 0 amide bonds. The van der Waals surface area contributed by atoms with Gasteiger partial charge in [-0.25, -0.2) is 0 Å². The van der Waals surface area contributed by atoms with E-state index in [2.05, 4.69) is 5.32 Å². The zero-order valence-corrected chi connectivity index (χ0v) is 9.71. The molecule has 0 aromatic rings. The normalized spacial score (nSPS) is 31.8. The van der Waals surface area contributed by atoms with Crippen LogP contribution in [0.1, 0.15) is 38.5 Å². The molecule has 15 heavy (non-hydrogen) atoms. The highest BCUT2D eigenvalue weighted by Gasteiger charge is 2.25. The highest BCUT2D eigenvalue weighted by Crippen LogP contribution is 2.29. The second-order valence-electron chi connectivity index (χ2n) is 4.82. The van der Waals surface area contributed by atoms with Crippen LogP contribution in [-0.2, 0) is 9.47 Å². The Labute approximate surface area is 92.5 Å². The number of rotatable bonds is 6. The van der Waals surface area contributed by atoms with Crippen LogP contribution in [0.5, 0.6) is 0 Å². The third-order valence-electron chi connectivity index (χ3n) is 3.49. The van der Waals surface area contributed by atoms with E-state index in [1.165, 1.54) is 38.5 Å². The summed E-state index contributed by atoms with van der Waals surface area (Å²) in [5, 5.41) is 3.34. The summed E-state index contributed by atoms with van der Waals surface area (Å²) >= 11 is 0. The van der Waals surface area contributed by atoms with E-state index in [1.54, 1.807) is 0 Å². The average molecular weight is 213 g/mol. The summed E-state index contributed by atoms with van der Waals surface area (Å²) in [7, 11) is 2.03. The minimum absolute atomic E-state index is 0.364. The molecule has 1 N–H and O–H groups in total. The first-order valence-corrected chi connectivity index (χ1v) is 6.26. The number of hydrogen-bond acceptors (Lipinski definition) is 3. The fourth-order valence-electron chi connectivity index (χ4n) is 2.26. The van der Waals surface area contributed by atoms with E-state index in [0.29, 0.717) is 18.9 Å². The van der Waals surface area contributed by atoms with E-state index < -0.39 is 0 Å². The summed E-state index contributed by atoms with van der Waals surface area (Å²) in [4.78, 5) is 0. The molecule has 0 saturated heterocycles. The van der Waals surface area contributed by atoms with Gasteiger partial charge in [-0.15, -0.1) is 0 Å². The molecule has 2 atom stereocenters. The van der Waals surface area contributed by atoms with Gasteiger partial charge in [0.2, 0.25) is 0 Å². The Morgan fingerprint density at radius 3 is 2.67 bits per heavy atom. The van der Waals surface area contributed by atoms with Gasteiger partial charge < -0.3 is 14.8 Å². The van der Waals surface area contributed by atoms with Crippen molar-refractivity contribution in [3.05, 3.63) is 0 Å². The molecule has 0 heterocycles. The predicted octanol–water partition coefficient (Wildman–Crippen LogP) is 1.92. The molecule has 2 fully saturated rings. The van der Waals surface area contributed by atoms with Crippen LogP contribution in [-0.4, -0.2) is 32.6 Å². The molecule has 88 valence electrons. The molecule has 0 aromatic heterocycles. The van der Waals surface area contributed by atoms with Crippen molar-refractivity contribution in [1.29, 1.82) is 0 Å². The zero-order chi connectivity index (χ0) is 10.5. The van der Waals surface area contributed by atoms with Crippen LogP contribution in [0.2, 0.25) is 0 Å². The van der Waals surface area contributed by atoms with Crippen molar-refractivity contribution in [1.82, 2.24) is 5.32 Å². The first kappa shape index (κ1) is 11.4. The Bertz CT molecular complexity index is 182. The van der Waals surface area contributed by atoms with Crippen molar-refractivity contribution < 1.29 is 9.47 Å². The van der Waals surface area contributed by atoms with Crippen LogP contribution in [0.15, 0.2) is 0 Å². The smallest absolute Gasteiger partial charge is 0.147 e. The third kappa shape index (κ3) is 3.74. The first-order chi connectivity index (χ1) is 7.40. The summed E-state index contributed by atoms with van der Waals surface area (Å²) < 4.78 is 11.3. The highest BCUT2D eigenvalue weighted by atomic mass is 16.7. The first-order valence-electron chi connectivity index (χ1n) is 6.26. The second kappa shape index (κ2) is 5.83. The van der Waals surface area contributed by atoms with Crippen LogP contribution >= 0.6 is 0 Å². The molecule has 0 aromatic carbocycles. The number of ether oxygens (including phenoxy) is 2. The summed E-state index contributed by atoms with van der Waals surface area (Å²) in [6.45, 7) is 1.39. The Balaban J connectivity index is 1.58. The molecule has 2 aliphatic carbocycles. The Hall–Kier alpha value is -0.120. The van der Waals surface area contributed by atoms with Gasteiger partial charge >= 0.3 is 0 Å². The number of hydrogen-bond donors (Lipinski definition) is 1. The van der Waals surface area contributed by atoms with E-state index in [0.717, 1.165) is 12.5 Å². The maximum absolute atomic E-state index is 5.78. The lowest BCUT2D eigenvalue weighted by atomic mass is 9.93. The summed E-state index contributed by atoms with van der Waals surface area (Å²) in [6.07, 6.45) is 8.11. The SMILES string of the molecule is CNC1CCCCC1OCOCC1CC1. The fourth-order valence-corrected chi connectivity index (χ4v) is 2.26. The van der Waals surface area contributed by atoms with Crippen LogP contribution in [0.4, 0.5) is 0 Å². The molecular weight excluding hydrogens is 190 g/mol. The minimum atomic E-state index is 0.364. The average Bonchev–Trinajstić information content (AvgIpc) is 3.09. The van der Waals surface area contributed by atoms with Crippen LogP contribution < -0.4 is 5.32 Å². The Morgan fingerprint density at radius 2 is 1.93 bits per heavy atom. The molecule has 2 unspecified atom stereocenters. The highest BCUT2D eigenvalue weighted by molar-refractivity contribution is 4.80. The summed E-state index contributed by atoms with van der Waals surface area (Å²) in [5.41, 5.74) is 0. The van der Waals surface area contributed by atoms with Crippen molar-refractivity contribution in [2.45, 2.75) is 50.7 Å². The molecule has 3 nitrogen and oxygen atoms in total. The molecule has 0 spiro atoms. The zero-order valence-electron chi connectivity index (χ0n) is 9.71. The van der Waals surface area contributed by atoms with Crippen molar-refractivity contribution in [3.8, 4) is 0 Å². The van der Waals surface area contributed by atoms with Crippen LogP contribution in [0, 0.1) is 5.92 Å². The Morgan fingerprint density at radius 1 is 1.13 bits per heavy atom. The third-order valence-corrected chi connectivity index (χ3v) is 3.49. The van der Waals surface area contributed by atoms with Gasteiger partial charge in [0.05, 0.1) is 12.7 Å². The molecule has 2 saturated carbocycles. The van der Waals surface area contributed by atoms with E-state index >= 15 is 0 Å². The van der Waals surface area contributed by atoms with Gasteiger partial charge in [0.25, 0.3) is 0 Å². The van der Waals surface area contributed by atoms with Gasteiger partial charge in [0, 0.05) is 6.04 Å². The molecule has 2 rings (SSSR count). The lowest BCUT2D eigenvalue weighted by Crippen LogP contribution is -2.42. The van der Waals surface area contributed by atoms with Gasteiger partial charge in [0.15, 0.2) is 0 Å². The Kier molecular flexibility index (Phi) is 4.42. The van der Waals surface area contributed by atoms with Crippen molar-refractivity contribution >= 4 is 0 Å². The number of nitrogens with one attached hydrogen (secondary N) is 1. The minimum Gasteiger partial charge on any atom is -0.355 e. The standard InChI is InChI=1S/C12H23NO2/c1-13-11-4-2-3-5-12(11)15-9-14-8-10-6-7-10/h10-13H,2-9H2,1H3. The molecule has 3 heteroatoms. The fraction of sp³-hybridized carbons (Fsp3) is 1.00. The molecule has 0 bridgehead atoms. The monoisotopic (exact) mass is 213 g/mol. The van der Waals surface area contributed by atoms with Gasteiger partial charge in [-0.05, 0) is 38.6 Å². The quantitative estimate of drug-likeness (QED) is 0.540. The number of likely N-dealkylation sites (N-methyl/N-ethyl adjacent to an activating group) is 1. The van der Waals surface area contributed by atoms with E-state index in [-0.39, 0.29) is 0 Å². The molecular formula is C12H23NO2. The molecule has 0 aliphatic heterocycles. The lowest BCUT2D eigenvalue weighted by molar-refractivity contribution is -0.109. The summed E-state index contributed by atoms with van der Waals surface area (Å²) in [6, 6.07) is 0.531.